The van der Waals surface area contributed by atoms with E-state index in [-0.39, 0.29) is 11.8 Å². The first kappa shape index (κ1) is 20.4. The van der Waals surface area contributed by atoms with E-state index in [4.69, 9.17) is 4.42 Å². The smallest absolute Gasteiger partial charge is 0.262 e. The quantitative estimate of drug-likeness (QED) is 0.479. The summed E-state index contributed by atoms with van der Waals surface area (Å²) in [7, 11) is 0. The second kappa shape index (κ2) is 9.14. The molecular formula is C18H19Br2N3O3. The van der Waals surface area contributed by atoms with Crippen LogP contribution in [0.5, 0.6) is 0 Å². The van der Waals surface area contributed by atoms with Crippen molar-refractivity contribution in [2.75, 3.05) is 0 Å². The Hall–Kier alpha value is -1.93. The van der Waals surface area contributed by atoms with Crippen LogP contribution in [-0.2, 0) is 4.79 Å². The highest BCUT2D eigenvalue weighted by Crippen LogP contribution is 2.25. The van der Waals surface area contributed by atoms with Gasteiger partial charge < -0.3 is 9.73 Å². The van der Waals surface area contributed by atoms with E-state index in [1.807, 2.05) is 32.9 Å². The first-order valence-electron chi connectivity index (χ1n) is 7.93. The molecule has 0 aliphatic heterocycles. The number of rotatable bonds is 6. The number of hydrogen-bond acceptors (Lipinski definition) is 4. The average molecular weight is 485 g/mol. The molecular weight excluding hydrogens is 466 g/mol. The number of amides is 2. The molecule has 0 fully saturated rings. The monoisotopic (exact) mass is 483 g/mol. The molecule has 0 aliphatic carbocycles. The van der Waals surface area contributed by atoms with E-state index < -0.39 is 11.9 Å². The molecule has 26 heavy (non-hydrogen) atoms. The normalized spacial score (nSPS) is 12.4. The molecule has 0 bridgehead atoms. The molecule has 2 N–H and O–H groups in total. The summed E-state index contributed by atoms with van der Waals surface area (Å²) in [6.45, 7) is 5.65. The SMILES string of the molecule is Cc1ccc(C(=O)NC(C(=O)N/N=C\c2cc(Br)c(Br)o2)C(C)C)cc1. The fourth-order valence-corrected chi connectivity index (χ4v) is 2.73. The number of hydrazone groups is 1. The van der Waals surface area contributed by atoms with Gasteiger partial charge in [-0.25, -0.2) is 5.43 Å². The molecule has 8 heteroatoms. The molecule has 1 aromatic carbocycles. The van der Waals surface area contributed by atoms with Gasteiger partial charge >= 0.3 is 0 Å². The molecule has 0 saturated heterocycles. The van der Waals surface area contributed by atoms with Crippen LogP contribution in [0.2, 0.25) is 0 Å². The van der Waals surface area contributed by atoms with Crippen LogP contribution in [0.25, 0.3) is 0 Å². The number of carbonyl (C=O) groups is 2. The number of halogens is 2. The maximum absolute atomic E-state index is 12.4. The van der Waals surface area contributed by atoms with Gasteiger partial charge in [-0.2, -0.15) is 5.10 Å². The Morgan fingerprint density at radius 1 is 1.19 bits per heavy atom. The van der Waals surface area contributed by atoms with Crippen LogP contribution < -0.4 is 10.7 Å². The van der Waals surface area contributed by atoms with Gasteiger partial charge in [0.05, 0.1) is 10.7 Å². The number of aryl methyl sites for hydroxylation is 1. The molecule has 2 aromatic rings. The van der Waals surface area contributed by atoms with Gasteiger partial charge in [-0.05, 0) is 56.8 Å². The third-order valence-corrected chi connectivity index (χ3v) is 5.29. The Labute approximate surface area is 168 Å². The molecule has 0 spiro atoms. The fraction of sp³-hybridized carbons (Fsp3) is 0.278. The number of carbonyl (C=O) groups excluding carboxylic acids is 2. The first-order chi connectivity index (χ1) is 12.3. The molecule has 0 aliphatic rings. The van der Waals surface area contributed by atoms with Gasteiger partial charge in [0.2, 0.25) is 0 Å². The zero-order valence-electron chi connectivity index (χ0n) is 14.5. The summed E-state index contributed by atoms with van der Waals surface area (Å²) in [5, 5.41) is 6.63. The van der Waals surface area contributed by atoms with Crippen molar-refractivity contribution < 1.29 is 14.0 Å². The van der Waals surface area contributed by atoms with Gasteiger partial charge in [0.1, 0.15) is 11.8 Å². The molecule has 1 aromatic heterocycles. The van der Waals surface area contributed by atoms with Gasteiger partial charge in [-0.15, -0.1) is 0 Å². The Kier molecular flexibility index (Phi) is 7.16. The van der Waals surface area contributed by atoms with E-state index in [0.29, 0.717) is 16.0 Å². The molecule has 138 valence electrons. The second-order valence-electron chi connectivity index (χ2n) is 6.07. The third kappa shape index (κ3) is 5.54. The molecule has 1 unspecified atom stereocenters. The summed E-state index contributed by atoms with van der Waals surface area (Å²) in [6, 6.07) is 8.15. The lowest BCUT2D eigenvalue weighted by Crippen LogP contribution is -2.48. The van der Waals surface area contributed by atoms with Crippen LogP contribution in [0.3, 0.4) is 0 Å². The molecule has 1 heterocycles. The minimum atomic E-state index is -0.712. The van der Waals surface area contributed by atoms with Gasteiger partial charge in [0.15, 0.2) is 4.67 Å². The average Bonchev–Trinajstić information content (AvgIpc) is 2.90. The fourth-order valence-electron chi connectivity index (χ4n) is 2.12. The van der Waals surface area contributed by atoms with Crippen molar-refractivity contribution >= 4 is 49.9 Å². The maximum Gasteiger partial charge on any atom is 0.262 e. The van der Waals surface area contributed by atoms with E-state index in [1.165, 1.54) is 6.21 Å². The Bertz CT molecular complexity index is 794. The minimum absolute atomic E-state index is 0.105. The van der Waals surface area contributed by atoms with Crippen molar-refractivity contribution in [1.29, 1.82) is 0 Å². The maximum atomic E-state index is 12.4. The number of benzene rings is 1. The molecule has 2 rings (SSSR count). The van der Waals surface area contributed by atoms with E-state index >= 15 is 0 Å². The Morgan fingerprint density at radius 3 is 2.38 bits per heavy atom. The van der Waals surface area contributed by atoms with Crippen molar-refractivity contribution in [3.8, 4) is 0 Å². The topological polar surface area (TPSA) is 83.7 Å². The molecule has 2 amide bonds. The van der Waals surface area contributed by atoms with E-state index in [0.717, 1.165) is 10.0 Å². The van der Waals surface area contributed by atoms with Gasteiger partial charge in [0, 0.05) is 11.6 Å². The van der Waals surface area contributed by atoms with Crippen molar-refractivity contribution in [3.05, 3.63) is 56.4 Å². The van der Waals surface area contributed by atoms with Gasteiger partial charge in [-0.3, -0.25) is 9.59 Å². The predicted octanol–water partition coefficient (Wildman–Crippen LogP) is 4.02. The Balaban J connectivity index is 2.00. The summed E-state index contributed by atoms with van der Waals surface area (Å²) in [6.07, 6.45) is 1.38. The van der Waals surface area contributed by atoms with Crippen LogP contribution in [0.4, 0.5) is 0 Å². The lowest BCUT2D eigenvalue weighted by Gasteiger charge is -2.20. The lowest BCUT2D eigenvalue weighted by atomic mass is 10.0. The van der Waals surface area contributed by atoms with Crippen LogP contribution in [0, 0.1) is 12.8 Å². The number of nitrogens with zero attached hydrogens (tertiary/aromatic N) is 1. The summed E-state index contributed by atoms with van der Waals surface area (Å²) in [5.41, 5.74) is 4.00. The lowest BCUT2D eigenvalue weighted by molar-refractivity contribution is -0.123. The zero-order chi connectivity index (χ0) is 19.3. The van der Waals surface area contributed by atoms with Gasteiger partial charge in [0.25, 0.3) is 11.8 Å². The van der Waals surface area contributed by atoms with E-state index in [9.17, 15) is 9.59 Å². The van der Waals surface area contributed by atoms with Crippen molar-refractivity contribution in [2.45, 2.75) is 26.8 Å². The first-order valence-corrected chi connectivity index (χ1v) is 9.52. The highest BCUT2D eigenvalue weighted by Gasteiger charge is 2.24. The van der Waals surface area contributed by atoms with Crippen molar-refractivity contribution in [2.24, 2.45) is 11.0 Å². The van der Waals surface area contributed by atoms with Crippen LogP contribution in [0.15, 0.2) is 49.0 Å². The van der Waals surface area contributed by atoms with Crippen LogP contribution in [-0.4, -0.2) is 24.1 Å². The molecule has 0 saturated carbocycles. The summed E-state index contributed by atoms with van der Waals surface area (Å²) >= 11 is 6.52. The number of nitrogens with one attached hydrogen (secondary N) is 2. The zero-order valence-corrected chi connectivity index (χ0v) is 17.7. The largest absolute Gasteiger partial charge is 0.447 e. The van der Waals surface area contributed by atoms with E-state index in [1.54, 1.807) is 18.2 Å². The standard InChI is InChI=1S/C18H19Br2N3O3/c1-10(2)15(22-17(24)12-6-4-11(3)5-7-12)18(25)23-21-9-13-8-14(19)16(20)26-13/h4-10,15H,1-3H3,(H,22,24)(H,23,25)/b21-9-. The second-order valence-corrected chi connectivity index (χ2v) is 7.64. The highest BCUT2D eigenvalue weighted by atomic mass is 79.9. The van der Waals surface area contributed by atoms with Crippen molar-refractivity contribution in [1.82, 2.24) is 10.7 Å². The Morgan fingerprint density at radius 2 is 1.85 bits per heavy atom. The van der Waals surface area contributed by atoms with Crippen molar-refractivity contribution in [3.63, 3.8) is 0 Å². The minimum Gasteiger partial charge on any atom is -0.447 e. The number of furan rings is 1. The molecule has 0 radical (unpaired) electrons. The molecule has 1 atom stereocenters. The van der Waals surface area contributed by atoms with E-state index in [2.05, 4.69) is 47.7 Å². The molecule has 6 nitrogen and oxygen atoms in total. The summed E-state index contributed by atoms with van der Waals surface area (Å²) in [5.74, 6) is -0.344. The van der Waals surface area contributed by atoms with Gasteiger partial charge in [-0.1, -0.05) is 31.5 Å². The van der Waals surface area contributed by atoms with Crippen LogP contribution >= 0.6 is 31.9 Å². The third-order valence-electron chi connectivity index (χ3n) is 3.58. The number of hydrogen-bond donors (Lipinski definition) is 2. The summed E-state index contributed by atoms with van der Waals surface area (Å²) in [4.78, 5) is 24.7. The summed E-state index contributed by atoms with van der Waals surface area (Å²) < 4.78 is 6.62. The predicted molar refractivity (Wildman–Crippen MR) is 107 cm³/mol. The van der Waals surface area contributed by atoms with Crippen LogP contribution in [0.1, 0.15) is 35.5 Å². The highest BCUT2D eigenvalue weighted by molar-refractivity contribution is 9.13.